The maximum atomic E-state index is 4.87. The first-order valence-corrected chi connectivity index (χ1v) is 15.6. The van der Waals surface area contributed by atoms with E-state index in [2.05, 4.69) is 169 Å². The molecule has 2 aromatic heterocycles. The van der Waals surface area contributed by atoms with Crippen LogP contribution in [0, 0.1) is 0 Å². The van der Waals surface area contributed by atoms with Gasteiger partial charge in [0.1, 0.15) is 0 Å². The molecule has 0 atom stereocenters. The van der Waals surface area contributed by atoms with Gasteiger partial charge >= 0.3 is 0 Å². The summed E-state index contributed by atoms with van der Waals surface area (Å²) in [5.74, 6) is 0. The maximum absolute atomic E-state index is 4.87. The van der Waals surface area contributed by atoms with Gasteiger partial charge < -0.3 is 4.90 Å². The monoisotopic (exact) mass is 580 g/mol. The summed E-state index contributed by atoms with van der Waals surface area (Å²) in [6.07, 6.45) is 2.00. The van der Waals surface area contributed by atoms with E-state index in [-0.39, 0.29) is 0 Å². The minimum atomic E-state index is 1.08. The van der Waals surface area contributed by atoms with Gasteiger partial charge in [-0.1, -0.05) is 115 Å². The second-order valence-electron chi connectivity index (χ2n) is 10.9. The molecule has 6 aromatic carbocycles. The number of benzene rings is 6. The van der Waals surface area contributed by atoms with E-state index >= 15 is 0 Å². The first-order chi connectivity index (χ1) is 21.8. The standard InChI is InChI=1S/C41H28N2S/c1-3-10-29(11-4-1)31-18-22-35(23-19-31)43(37-15-9-14-33(26-37)30-12-5-2-6-13-30)36-24-20-32(21-25-36)34-27-40-41(42-28-34)38-16-7-8-17-39(38)44-40/h1-28H. The number of hydrogen-bond donors (Lipinski definition) is 0. The van der Waals surface area contributed by atoms with Crippen molar-refractivity contribution < 1.29 is 0 Å². The molecule has 0 bridgehead atoms. The Morgan fingerprint density at radius 1 is 0.386 bits per heavy atom. The van der Waals surface area contributed by atoms with Crippen LogP contribution in [0.5, 0.6) is 0 Å². The summed E-state index contributed by atoms with van der Waals surface area (Å²) < 4.78 is 2.49. The summed E-state index contributed by atoms with van der Waals surface area (Å²) in [6.45, 7) is 0. The van der Waals surface area contributed by atoms with E-state index in [1.54, 1.807) is 11.3 Å². The molecule has 0 aliphatic carbocycles. The van der Waals surface area contributed by atoms with E-state index in [9.17, 15) is 0 Å². The van der Waals surface area contributed by atoms with Crippen molar-refractivity contribution in [3.05, 3.63) is 170 Å². The van der Waals surface area contributed by atoms with Crippen LogP contribution in [0.4, 0.5) is 17.1 Å². The fraction of sp³-hybridized carbons (Fsp3) is 0. The number of hydrogen-bond acceptors (Lipinski definition) is 3. The SMILES string of the molecule is c1ccc(-c2ccc(N(c3ccc(-c4cnc5c(c4)sc4ccccc45)cc3)c3cccc(-c4ccccc4)c3)cc2)cc1. The minimum Gasteiger partial charge on any atom is -0.310 e. The molecule has 8 rings (SSSR count). The first kappa shape index (κ1) is 26.1. The normalized spacial score (nSPS) is 11.2. The van der Waals surface area contributed by atoms with Crippen molar-refractivity contribution in [1.29, 1.82) is 0 Å². The van der Waals surface area contributed by atoms with Gasteiger partial charge in [-0.05, 0) is 76.3 Å². The molecule has 0 fully saturated rings. The predicted molar refractivity (Wildman–Crippen MR) is 188 cm³/mol. The van der Waals surface area contributed by atoms with Crippen molar-refractivity contribution in [2.45, 2.75) is 0 Å². The Morgan fingerprint density at radius 2 is 0.932 bits per heavy atom. The largest absolute Gasteiger partial charge is 0.310 e. The number of anilines is 3. The van der Waals surface area contributed by atoms with Crippen molar-refractivity contribution >= 4 is 48.7 Å². The Morgan fingerprint density at radius 3 is 1.61 bits per heavy atom. The number of fused-ring (bicyclic) bond motifs is 3. The smallest absolute Gasteiger partial charge is 0.0888 e. The average Bonchev–Trinajstić information content (AvgIpc) is 3.48. The van der Waals surface area contributed by atoms with Crippen LogP contribution in [0.1, 0.15) is 0 Å². The number of pyridine rings is 1. The van der Waals surface area contributed by atoms with Gasteiger partial charge in [0.15, 0.2) is 0 Å². The Labute approximate surface area is 261 Å². The highest BCUT2D eigenvalue weighted by Crippen LogP contribution is 2.39. The second kappa shape index (κ2) is 11.3. The van der Waals surface area contributed by atoms with Gasteiger partial charge in [-0.2, -0.15) is 0 Å². The van der Waals surface area contributed by atoms with E-state index < -0.39 is 0 Å². The summed E-state index contributed by atoms with van der Waals surface area (Å²) in [7, 11) is 0. The number of rotatable bonds is 6. The van der Waals surface area contributed by atoms with Crippen LogP contribution in [-0.2, 0) is 0 Å². The number of nitrogens with zero attached hydrogens (tertiary/aromatic N) is 2. The van der Waals surface area contributed by atoms with Crippen LogP contribution in [0.15, 0.2) is 170 Å². The molecular formula is C41H28N2S. The average molecular weight is 581 g/mol. The number of aromatic nitrogens is 1. The zero-order valence-corrected chi connectivity index (χ0v) is 24.8. The van der Waals surface area contributed by atoms with E-state index in [1.807, 2.05) is 6.20 Å². The molecule has 0 N–H and O–H groups in total. The summed E-state index contributed by atoms with van der Waals surface area (Å²) in [4.78, 5) is 7.20. The van der Waals surface area contributed by atoms with Gasteiger partial charge in [0.2, 0.25) is 0 Å². The topological polar surface area (TPSA) is 16.1 Å². The summed E-state index contributed by atoms with van der Waals surface area (Å²) in [5, 5.41) is 1.22. The van der Waals surface area contributed by atoms with Crippen LogP contribution >= 0.6 is 11.3 Å². The predicted octanol–water partition coefficient (Wildman–Crippen LogP) is 11.9. The first-order valence-electron chi connectivity index (χ1n) is 14.8. The van der Waals surface area contributed by atoms with Gasteiger partial charge in [0.05, 0.1) is 10.2 Å². The third-order valence-corrected chi connectivity index (χ3v) is 9.22. The molecule has 3 heteroatoms. The highest BCUT2D eigenvalue weighted by molar-refractivity contribution is 7.25. The third-order valence-electron chi connectivity index (χ3n) is 8.12. The lowest BCUT2D eigenvalue weighted by Crippen LogP contribution is -2.10. The molecule has 0 saturated heterocycles. The van der Waals surface area contributed by atoms with Gasteiger partial charge in [-0.25, -0.2) is 0 Å². The Balaban J connectivity index is 1.19. The van der Waals surface area contributed by atoms with Crippen molar-refractivity contribution in [3.8, 4) is 33.4 Å². The van der Waals surface area contributed by atoms with Crippen LogP contribution in [0.25, 0.3) is 53.7 Å². The molecule has 208 valence electrons. The quantitative estimate of drug-likeness (QED) is 0.194. The summed E-state index contributed by atoms with van der Waals surface area (Å²) in [5.41, 5.74) is 11.5. The highest BCUT2D eigenvalue weighted by atomic mass is 32.1. The highest BCUT2D eigenvalue weighted by Gasteiger charge is 2.15. The molecule has 2 heterocycles. The van der Waals surface area contributed by atoms with Gasteiger partial charge in [0, 0.05) is 38.9 Å². The molecule has 0 aliphatic rings. The molecule has 0 saturated carbocycles. The lowest BCUT2D eigenvalue weighted by molar-refractivity contribution is 1.28. The number of thiophene rings is 1. The van der Waals surface area contributed by atoms with Gasteiger partial charge in [0.25, 0.3) is 0 Å². The molecule has 0 aliphatic heterocycles. The lowest BCUT2D eigenvalue weighted by atomic mass is 10.0. The molecule has 0 amide bonds. The minimum absolute atomic E-state index is 1.08. The maximum Gasteiger partial charge on any atom is 0.0888 e. The van der Waals surface area contributed by atoms with Crippen LogP contribution in [-0.4, -0.2) is 4.98 Å². The summed E-state index contributed by atoms with van der Waals surface area (Å²) >= 11 is 1.80. The molecular weight excluding hydrogens is 553 g/mol. The third kappa shape index (κ3) is 4.94. The van der Waals surface area contributed by atoms with Gasteiger partial charge in [-0.3, -0.25) is 4.98 Å². The fourth-order valence-electron chi connectivity index (χ4n) is 5.89. The Hall–Kier alpha value is -5.51. The van der Waals surface area contributed by atoms with Crippen LogP contribution in [0.2, 0.25) is 0 Å². The zero-order chi connectivity index (χ0) is 29.3. The zero-order valence-electron chi connectivity index (χ0n) is 24.0. The van der Waals surface area contributed by atoms with E-state index in [0.717, 1.165) is 33.7 Å². The van der Waals surface area contributed by atoms with Crippen molar-refractivity contribution in [3.63, 3.8) is 0 Å². The van der Waals surface area contributed by atoms with Crippen molar-refractivity contribution in [2.24, 2.45) is 0 Å². The van der Waals surface area contributed by atoms with Crippen LogP contribution < -0.4 is 4.90 Å². The van der Waals surface area contributed by atoms with Gasteiger partial charge in [-0.15, -0.1) is 11.3 Å². The Bertz CT molecular complexity index is 2200. The molecule has 2 nitrogen and oxygen atoms in total. The van der Waals surface area contributed by atoms with Crippen molar-refractivity contribution in [2.75, 3.05) is 4.90 Å². The Kier molecular flexibility index (Phi) is 6.71. The molecule has 0 spiro atoms. The second-order valence-corrected chi connectivity index (χ2v) is 12.0. The molecule has 0 unspecified atom stereocenters. The fourth-order valence-corrected chi connectivity index (χ4v) is 6.99. The van der Waals surface area contributed by atoms with E-state index in [1.165, 1.54) is 37.0 Å². The lowest BCUT2D eigenvalue weighted by Gasteiger charge is -2.26. The van der Waals surface area contributed by atoms with E-state index in [4.69, 9.17) is 4.98 Å². The molecule has 44 heavy (non-hydrogen) atoms. The van der Waals surface area contributed by atoms with E-state index in [0.29, 0.717) is 0 Å². The van der Waals surface area contributed by atoms with Crippen molar-refractivity contribution in [1.82, 2.24) is 4.98 Å². The molecule has 0 radical (unpaired) electrons. The summed E-state index contributed by atoms with van der Waals surface area (Å²) in [6, 6.07) is 58.3. The molecule has 8 aromatic rings. The van der Waals surface area contributed by atoms with Crippen LogP contribution in [0.3, 0.4) is 0 Å².